The fraction of sp³-hybridized carbons (Fsp3) is 0.304. The monoisotopic (exact) mass is 491 g/mol. The van der Waals surface area contributed by atoms with Crippen molar-refractivity contribution in [2.24, 2.45) is 0 Å². The normalized spacial score (nSPS) is 12.1. The predicted molar refractivity (Wildman–Crippen MR) is 128 cm³/mol. The van der Waals surface area contributed by atoms with Gasteiger partial charge in [0.1, 0.15) is 11.3 Å². The molecule has 1 N–H and O–H groups in total. The highest BCUT2D eigenvalue weighted by atomic mass is 32.2. The first-order chi connectivity index (χ1) is 16.0. The minimum absolute atomic E-state index is 0.0648. The number of anilines is 1. The van der Waals surface area contributed by atoms with Gasteiger partial charge in [-0.1, -0.05) is 12.1 Å². The number of fused-ring (bicyclic) bond motifs is 1. The summed E-state index contributed by atoms with van der Waals surface area (Å²) in [4.78, 5) is 28.0. The Morgan fingerprint density at radius 3 is 2.44 bits per heavy atom. The zero-order chi connectivity index (χ0) is 25.2. The number of hydrogen-bond donors (Lipinski definition) is 1. The second kappa shape index (κ2) is 10.3. The smallest absolute Gasteiger partial charge is 0.414 e. The summed E-state index contributed by atoms with van der Waals surface area (Å²) in [7, 11) is 8.07. The minimum atomic E-state index is -2.40. The van der Waals surface area contributed by atoms with E-state index in [1.54, 1.807) is 32.3 Å². The molecule has 0 radical (unpaired) electrons. The van der Waals surface area contributed by atoms with Crippen molar-refractivity contribution in [3.05, 3.63) is 69.3 Å². The summed E-state index contributed by atoms with van der Waals surface area (Å²) in [5, 5.41) is 0.623. The molecule has 0 saturated heterocycles. The lowest BCUT2D eigenvalue weighted by Crippen LogP contribution is -2.25. The van der Waals surface area contributed by atoms with Gasteiger partial charge in [-0.25, -0.2) is 18.2 Å². The number of rotatable bonds is 7. The van der Waals surface area contributed by atoms with Crippen molar-refractivity contribution in [1.82, 2.24) is 9.80 Å². The lowest BCUT2D eigenvalue weighted by molar-refractivity contribution is 0.172. The van der Waals surface area contributed by atoms with Crippen LogP contribution in [-0.2, 0) is 24.2 Å². The van der Waals surface area contributed by atoms with Crippen molar-refractivity contribution in [1.29, 1.82) is 0 Å². The minimum Gasteiger partial charge on any atom is -0.422 e. The lowest BCUT2D eigenvalue weighted by atomic mass is 9.97. The van der Waals surface area contributed by atoms with Gasteiger partial charge in [-0.15, -0.1) is 0 Å². The molecule has 0 spiro atoms. The Morgan fingerprint density at radius 1 is 1.12 bits per heavy atom. The topological polar surface area (TPSA) is 104 Å². The highest BCUT2D eigenvalue weighted by Crippen LogP contribution is 2.29. The van der Waals surface area contributed by atoms with E-state index in [1.807, 2.05) is 19.0 Å². The molecule has 0 fully saturated rings. The molecule has 0 bridgehead atoms. The molecule has 182 valence electrons. The van der Waals surface area contributed by atoms with Gasteiger partial charge in [0.25, 0.3) is 11.3 Å². The average Bonchev–Trinajstić information content (AvgIpc) is 2.76. The average molecular weight is 492 g/mol. The molecular formula is C23H26FN3O6S. The molecule has 0 aliphatic heterocycles. The van der Waals surface area contributed by atoms with Crippen LogP contribution in [0, 0.1) is 5.82 Å². The molecule has 34 heavy (non-hydrogen) atoms. The van der Waals surface area contributed by atoms with Crippen molar-refractivity contribution in [3.63, 3.8) is 0 Å². The van der Waals surface area contributed by atoms with Gasteiger partial charge >= 0.3 is 11.7 Å². The number of ether oxygens (including phenoxy) is 1. The van der Waals surface area contributed by atoms with Crippen LogP contribution in [0.2, 0.25) is 0 Å². The number of carbonyl (C=O) groups is 1. The number of nitrogens with zero attached hydrogens (tertiary/aromatic N) is 3. The first kappa shape index (κ1) is 25.3. The molecule has 0 saturated carbocycles. The summed E-state index contributed by atoms with van der Waals surface area (Å²) in [6.07, 6.45) is -0.652. The fourth-order valence-corrected chi connectivity index (χ4v) is 3.74. The molecule has 1 heterocycles. The van der Waals surface area contributed by atoms with Crippen LogP contribution >= 0.6 is 0 Å². The van der Waals surface area contributed by atoms with Gasteiger partial charge in [-0.05, 0) is 43.4 Å². The maximum absolute atomic E-state index is 15.2. The van der Waals surface area contributed by atoms with E-state index in [2.05, 4.69) is 0 Å². The fourth-order valence-electron chi connectivity index (χ4n) is 3.44. The third kappa shape index (κ3) is 5.44. The van der Waals surface area contributed by atoms with Crippen LogP contribution in [0.5, 0.6) is 5.75 Å². The molecule has 1 amide bonds. The number of amides is 1. The van der Waals surface area contributed by atoms with Crippen LogP contribution in [0.4, 0.5) is 14.9 Å². The molecule has 2 aromatic carbocycles. The van der Waals surface area contributed by atoms with E-state index in [1.165, 1.54) is 30.1 Å². The number of hydrogen-bond acceptors (Lipinski definition) is 6. The summed E-state index contributed by atoms with van der Waals surface area (Å²) in [5.41, 5.74) is 0.611. The van der Waals surface area contributed by atoms with Crippen LogP contribution < -0.4 is 14.7 Å². The van der Waals surface area contributed by atoms with E-state index in [0.29, 0.717) is 17.5 Å². The summed E-state index contributed by atoms with van der Waals surface area (Å²) in [5.74, 6) is -0.481. The molecule has 0 aliphatic carbocycles. The van der Waals surface area contributed by atoms with Gasteiger partial charge < -0.3 is 19.0 Å². The van der Waals surface area contributed by atoms with Crippen LogP contribution in [0.25, 0.3) is 11.0 Å². The Hall–Kier alpha value is -3.28. The first-order valence-electron chi connectivity index (χ1n) is 10.2. The van der Waals surface area contributed by atoms with Gasteiger partial charge in [0.15, 0.2) is 5.82 Å². The van der Waals surface area contributed by atoms with Crippen LogP contribution in [-0.4, -0.2) is 59.9 Å². The maximum atomic E-state index is 15.2. The molecule has 3 aromatic rings. The van der Waals surface area contributed by atoms with Crippen molar-refractivity contribution in [2.45, 2.75) is 13.0 Å². The molecule has 0 aliphatic rings. The zero-order valence-corrected chi connectivity index (χ0v) is 20.3. The molecule has 1 unspecified atom stereocenters. The van der Waals surface area contributed by atoms with E-state index < -0.39 is 28.8 Å². The third-order valence-electron chi connectivity index (χ3n) is 5.14. The maximum Gasteiger partial charge on any atom is 0.414 e. The highest BCUT2D eigenvalue weighted by molar-refractivity contribution is 7.80. The highest BCUT2D eigenvalue weighted by Gasteiger charge is 2.21. The van der Waals surface area contributed by atoms with Crippen molar-refractivity contribution in [3.8, 4) is 5.75 Å². The summed E-state index contributed by atoms with van der Waals surface area (Å²) < 4.78 is 47.5. The molecule has 9 nitrogen and oxygen atoms in total. The Kier molecular flexibility index (Phi) is 7.70. The van der Waals surface area contributed by atoms with Crippen LogP contribution in [0.15, 0.2) is 45.6 Å². The van der Waals surface area contributed by atoms with Crippen LogP contribution in [0.3, 0.4) is 0 Å². The summed E-state index contributed by atoms with van der Waals surface area (Å²) >= 11 is -2.40. The van der Waals surface area contributed by atoms with Crippen molar-refractivity contribution < 1.29 is 27.1 Å². The number of carbonyl (C=O) groups excluding carboxylic acids is 1. The Morgan fingerprint density at radius 2 is 1.82 bits per heavy atom. The Bertz CT molecular complexity index is 1310. The van der Waals surface area contributed by atoms with E-state index >= 15 is 4.39 Å². The largest absolute Gasteiger partial charge is 0.422 e. The van der Waals surface area contributed by atoms with Gasteiger partial charge in [0.05, 0.1) is 5.69 Å². The molecule has 11 heteroatoms. The predicted octanol–water partition coefficient (Wildman–Crippen LogP) is 3.22. The quantitative estimate of drug-likeness (QED) is 0.400. The summed E-state index contributed by atoms with van der Waals surface area (Å²) in [6, 6.07) is 9.20. The van der Waals surface area contributed by atoms with Gasteiger partial charge in [-0.3, -0.25) is 8.86 Å². The Labute approximate surface area is 198 Å². The first-order valence-corrected chi connectivity index (χ1v) is 11.3. The second-order valence-electron chi connectivity index (χ2n) is 8.16. The van der Waals surface area contributed by atoms with Gasteiger partial charge in [0.2, 0.25) is 0 Å². The van der Waals surface area contributed by atoms with E-state index in [-0.39, 0.29) is 34.6 Å². The van der Waals surface area contributed by atoms with Crippen molar-refractivity contribution >= 4 is 34.0 Å². The number of halogens is 1. The molecule has 1 aromatic heterocycles. The third-order valence-corrected chi connectivity index (χ3v) is 5.80. The van der Waals surface area contributed by atoms with Gasteiger partial charge in [-0.2, -0.15) is 0 Å². The SMILES string of the molecule is CN(C)Cc1c(Cc2cccc(N(C)S(=O)O)c2F)c(=O)oc2cc(OC(=O)N(C)C)ccc12. The zero-order valence-electron chi connectivity index (χ0n) is 19.5. The number of benzene rings is 2. The second-order valence-corrected chi connectivity index (χ2v) is 9.17. The van der Waals surface area contributed by atoms with E-state index in [4.69, 9.17) is 9.15 Å². The Balaban J connectivity index is 2.12. The summed E-state index contributed by atoms with van der Waals surface area (Å²) in [6.45, 7) is 0.371. The molecule has 1 atom stereocenters. The van der Waals surface area contributed by atoms with Crippen LogP contribution in [0.1, 0.15) is 16.7 Å². The van der Waals surface area contributed by atoms with Crippen molar-refractivity contribution in [2.75, 3.05) is 39.5 Å². The van der Waals surface area contributed by atoms with E-state index in [0.717, 1.165) is 4.31 Å². The van der Waals surface area contributed by atoms with E-state index in [9.17, 15) is 18.4 Å². The lowest BCUT2D eigenvalue weighted by Gasteiger charge is -2.18. The molecule has 3 rings (SSSR count). The van der Waals surface area contributed by atoms with Gasteiger partial charge in [0, 0.05) is 51.1 Å². The molecular weight excluding hydrogens is 465 g/mol. The standard InChI is InChI=1S/C23H26FN3O6S/c1-25(2)13-18-16-10-9-15(32-23(29)26(3)4)12-20(16)33-22(28)17(18)11-14-7-6-8-19(21(14)24)27(5)34(30)31/h6-10,12H,11,13H2,1-5H3,(H,30,31).